The smallest absolute Gasteiger partial charge is 0.200 e. The monoisotopic (exact) mass is 234 g/mol. The normalized spacial score (nSPS) is 11.5. The summed E-state index contributed by atoms with van der Waals surface area (Å²) < 4.78 is 62.3. The predicted octanol–water partition coefficient (Wildman–Crippen LogP) is 2.84. The third-order valence-corrected chi connectivity index (χ3v) is 2.50. The van der Waals surface area contributed by atoms with Crippen molar-refractivity contribution in [3.63, 3.8) is 0 Å². The number of halogens is 6. The van der Waals surface area contributed by atoms with Crippen LogP contribution >= 0.6 is 19.2 Å². The fourth-order valence-corrected chi connectivity index (χ4v) is 1.57. The first-order valence-corrected chi connectivity index (χ1v) is 4.90. The third-order valence-electron chi connectivity index (χ3n) is 1.30. The highest BCUT2D eigenvalue weighted by molar-refractivity contribution is 7.74. The molecule has 0 N–H and O–H groups in total. The molecule has 0 saturated carbocycles. The number of rotatable bonds is 1. The Kier molecular flexibility index (Phi) is 3.09. The molecule has 0 fully saturated rings. The second kappa shape index (κ2) is 3.76. The Bertz CT molecular complexity index is 324. The fraction of sp³-hybridized carbons (Fsp3) is 0. The van der Waals surface area contributed by atoms with Gasteiger partial charge in [0.25, 0.3) is 0 Å². The molecule has 1 unspecified atom stereocenters. The summed E-state index contributed by atoms with van der Waals surface area (Å²) in [5, 5.41) is -0.988. The van der Waals surface area contributed by atoms with Crippen LogP contribution in [0.1, 0.15) is 0 Å². The van der Waals surface area contributed by atoms with Crippen LogP contribution in [0.15, 0.2) is 0 Å². The first-order chi connectivity index (χ1) is 6.00. The van der Waals surface area contributed by atoms with Crippen molar-refractivity contribution in [3.8, 4) is 0 Å². The molecule has 1 atom stereocenters. The summed E-state index contributed by atoms with van der Waals surface area (Å²) in [5.41, 5.74) is 0. The van der Waals surface area contributed by atoms with Gasteiger partial charge in [-0.2, -0.15) is 0 Å². The number of hydrogen-bond acceptors (Lipinski definition) is 0. The SMILES string of the molecule is Fc1c(F)c(F)c(PCl)c(F)c1F. The molecular weight excluding hydrogens is 233 g/mol. The molecule has 72 valence electrons. The molecule has 0 bridgehead atoms. The quantitative estimate of drug-likeness (QED) is 0.303. The molecule has 0 spiro atoms. The molecule has 0 aliphatic carbocycles. The van der Waals surface area contributed by atoms with Gasteiger partial charge in [-0.15, -0.1) is 0 Å². The lowest BCUT2D eigenvalue weighted by Gasteiger charge is -2.03. The van der Waals surface area contributed by atoms with Gasteiger partial charge < -0.3 is 0 Å². The minimum atomic E-state index is -2.17. The molecule has 0 heterocycles. The Hall–Kier alpha value is -0.410. The second-order valence-corrected chi connectivity index (χ2v) is 3.30. The van der Waals surface area contributed by atoms with Crippen LogP contribution in [0, 0.1) is 29.1 Å². The zero-order valence-corrected chi connectivity index (χ0v) is 7.52. The Labute approximate surface area is 76.3 Å². The number of benzene rings is 1. The standard InChI is InChI=1S/C6HClF5P/c7-13-6-4(11)2(9)1(8)3(10)5(6)12/h13H. The highest BCUT2D eigenvalue weighted by Crippen LogP contribution is 2.25. The van der Waals surface area contributed by atoms with Crippen LogP contribution < -0.4 is 5.30 Å². The van der Waals surface area contributed by atoms with E-state index in [0.717, 1.165) is 0 Å². The van der Waals surface area contributed by atoms with Gasteiger partial charge in [0.1, 0.15) is 0 Å². The van der Waals surface area contributed by atoms with Gasteiger partial charge in [0, 0.05) is 7.93 Å². The van der Waals surface area contributed by atoms with E-state index in [-0.39, 0.29) is 0 Å². The predicted molar refractivity (Wildman–Crippen MR) is 40.0 cm³/mol. The van der Waals surface area contributed by atoms with E-state index in [2.05, 4.69) is 0 Å². The largest absolute Gasteiger partial charge is 0.203 e. The Morgan fingerprint density at radius 3 is 1.31 bits per heavy atom. The molecule has 0 aromatic heterocycles. The van der Waals surface area contributed by atoms with E-state index >= 15 is 0 Å². The molecule has 0 amide bonds. The summed E-state index contributed by atoms with van der Waals surface area (Å²) in [6.45, 7) is 0. The van der Waals surface area contributed by atoms with E-state index < -0.39 is 42.3 Å². The minimum Gasteiger partial charge on any atom is -0.203 e. The molecule has 1 aromatic carbocycles. The van der Waals surface area contributed by atoms with Crippen molar-refractivity contribution in [3.05, 3.63) is 29.1 Å². The van der Waals surface area contributed by atoms with Crippen molar-refractivity contribution in [1.82, 2.24) is 0 Å². The van der Waals surface area contributed by atoms with Gasteiger partial charge in [-0.05, 0) is 0 Å². The van der Waals surface area contributed by atoms with E-state index in [1.807, 2.05) is 0 Å². The fourth-order valence-electron chi connectivity index (χ4n) is 0.688. The lowest BCUT2D eigenvalue weighted by Crippen LogP contribution is -2.14. The van der Waals surface area contributed by atoms with E-state index in [1.165, 1.54) is 0 Å². The van der Waals surface area contributed by atoms with Gasteiger partial charge in [0.15, 0.2) is 23.3 Å². The van der Waals surface area contributed by atoms with E-state index in [1.54, 1.807) is 0 Å². The van der Waals surface area contributed by atoms with Crippen molar-refractivity contribution in [2.45, 2.75) is 0 Å². The first-order valence-electron chi connectivity index (χ1n) is 2.88. The first kappa shape index (κ1) is 10.7. The van der Waals surface area contributed by atoms with Crippen LogP contribution in [-0.2, 0) is 0 Å². The Morgan fingerprint density at radius 2 is 1.00 bits per heavy atom. The molecule has 0 saturated heterocycles. The molecule has 1 rings (SSSR count). The van der Waals surface area contributed by atoms with Crippen molar-refractivity contribution in [2.75, 3.05) is 0 Å². The molecule has 0 aliphatic heterocycles. The van der Waals surface area contributed by atoms with Crippen LogP contribution in [0.25, 0.3) is 0 Å². The molecule has 0 radical (unpaired) electrons. The Morgan fingerprint density at radius 1 is 0.692 bits per heavy atom. The van der Waals surface area contributed by atoms with Gasteiger partial charge in [-0.1, -0.05) is 11.2 Å². The number of hydrogen-bond donors (Lipinski definition) is 0. The maximum absolute atomic E-state index is 12.6. The minimum absolute atomic E-state index is 0.988. The summed E-state index contributed by atoms with van der Waals surface area (Å²) in [7, 11) is -1.01. The van der Waals surface area contributed by atoms with Crippen LogP contribution in [0.4, 0.5) is 22.0 Å². The van der Waals surface area contributed by atoms with Crippen LogP contribution in [0.5, 0.6) is 0 Å². The summed E-state index contributed by atoms with van der Waals surface area (Å²) in [5.74, 6) is -9.85. The van der Waals surface area contributed by atoms with Crippen LogP contribution in [0.2, 0.25) is 0 Å². The zero-order valence-electron chi connectivity index (χ0n) is 5.77. The lowest BCUT2D eigenvalue weighted by molar-refractivity contribution is 0.384. The summed E-state index contributed by atoms with van der Waals surface area (Å²) in [4.78, 5) is 0. The summed E-state index contributed by atoms with van der Waals surface area (Å²) in [6.07, 6.45) is 0. The molecule has 0 aliphatic rings. The molecule has 0 nitrogen and oxygen atoms in total. The van der Waals surface area contributed by atoms with E-state index in [0.29, 0.717) is 0 Å². The van der Waals surface area contributed by atoms with Gasteiger partial charge in [0.2, 0.25) is 5.82 Å². The average molecular weight is 234 g/mol. The van der Waals surface area contributed by atoms with Crippen molar-refractivity contribution in [2.24, 2.45) is 0 Å². The average Bonchev–Trinajstić information content (AvgIpc) is 2.13. The maximum atomic E-state index is 12.6. The Balaban J connectivity index is 3.56. The topological polar surface area (TPSA) is 0 Å². The van der Waals surface area contributed by atoms with Crippen LogP contribution in [0.3, 0.4) is 0 Å². The third kappa shape index (κ3) is 1.63. The summed E-state index contributed by atoms with van der Waals surface area (Å²) >= 11 is 5.03. The highest BCUT2D eigenvalue weighted by Gasteiger charge is 2.24. The van der Waals surface area contributed by atoms with Crippen molar-refractivity contribution in [1.29, 1.82) is 0 Å². The highest BCUT2D eigenvalue weighted by atomic mass is 35.7. The lowest BCUT2D eigenvalue weighted by atomic mass is 10.3. The van der Waals surface area contributed by atoms with Crippen molar-refractivity contribution < 1.29 is 22.0 Å². The molecule has 7 heteroatoms. The zero-order chi connectivity index (χ0) is 10.2. The van der Waals surface area contributed by atoms with Gasteiger partial charge in [-0.25, -0.2) is 22.0 Å². The molecule has 13 heavy (non-hydrogen) atoms. The summed E-state index contributed by atoms with van der Waals surface area (Å²) in [6, 6.07) is 0. The van der Waals surface area contributed by atoms with Gasteiger partial charge >= 0.3 is 0 Å². The molecular formula is C6HClF5P. The van der Waals surface area contributed by atoms with Gasteiger partial charge in [-0.3, -0.25) is 0 Å². The second-order valence-electron chi connectivity index (χ2n) is 2.04. The van der Waals surface area contributed by atoms with E-state index in [9.17, 15) is 22.0 Å². The van der Waals surface area contributed by atoms with Crippen LogP contribution in [-0.4, -0.2) is 0 Å². The van der Waals surface area contributed by atoms with Crippen molar-refractivity contribution >= 4 is 24.5 Å². The maximum Gasteiger partial charge on any atom is 0.200 e. The molecule has 1 aromatic rings. The van der Waals surface area contributed by atoms with E-state index in [4.69, 9.17) is 11.2 Å². The van der Waals surface area contributed by atoms with Gasteiger partial charge in [0.05, 0.1) is 5.30 Å².